The van der Waals surface area contributed by atoms with Gasteiger partial charge in [-0.05, 0) is 30.9 Å². The summed E-state index contributed by atoms with van der Waals surface area (Å²) in [6.07, 6.45) is 3.89. The van der Waals surface area contributed by atoms with Gasteiger partial charge in [0, 0.05) is 18.3 Å². The minimum absolute atomic E-state index is 0.314. The number of carbonyl (C=O) groups is 1. The Kier molecular flexibility index (Phi) is 3.84. The number of H-pyrrole nitrogens is 1. The zero-order valence-electron chi connectivity index (χ0n) is 10.5. The van der Waals surface area contributed by atoms with Crippen molar-refractivity contribution in [2.45, 2.75) is 38.8 Å². The third kappa shape index (κ3) is 2.88. The van der Waals surface area contributed by atoms with E-state index in [1.807, 2.05) is 6.07 Å². The lowest BCUT2D eigenvalue weighted by Crippen LogP contribution is -2.30. The predicted octanol–water partition coefficient (Wildman–Crippen LogP) is 2.08. The van der Waals surface area contributed by atoms with Crippen LogP contribution >= 0.6 is 0 Å². The normalized spacial score (nSPS) is 23.9. The first kappa shape index (κ1) is 12.2. The highest BCUT2D eigenvalue weighted by Crippen LogP contribution is 2.24. The first-order valence-electron chi connectivity index (χ1n) is 6.20. The molecule has 2 rings (SSSR count). The molecule has 2 unspecified atom stereocenters. The maximum atomic E-state index is 11.3. The summed E-state index contributed by atoms with van der Waals surface area (Å²) in [4.78, 5) is 14.3. The van der Waals surface area contributed by atoms with Crippen molar-refractivity contribution in [2.75, 3.05) is 7.11 Å². The maximum Gasteiger partial charge on any atom is 0.354 e. The lowest BCUT2D eigenvalue weighted by molar-refractivity contribution is 0.0594. The first-order chi connectivity index (χ1) is 8.20. The van der Waals surface area contributed by atoms with Gasteiger partial charge in [-0.3, -0.25) is 0 Å². The van der Waals surface area contributed by atoms with E-state index < -0.39 is 0 Å². The molecule has 1 aliphatic carbocycles. The van der Waals surface area contributed by atoms with Gasteiger partial charge in [0.15, 0.2) is 0 Å². The molecule has 2 atom stereocenters. The van der Waals surface area contributed by atoms with E-state index >= 15 is 0 Å². The van der Waals surface area contributed by atoms with Crippen molar-refractivity contribution in [3.8, 4) is 0 Å². The van der Waals surface area contributed by atoms with E-state index in [-0.39, 0.29) is 5.97 Å². The second kappa shape index (κ2) is 5.36. The highest BCUT2D eigenvalue weighted by atomic mass is 16.5. The number of hydrogen-bond acceptors (Lipinski definition) is 3. The number of esters is 1. The van der Waals surface area contributed by atoms with Gasteiger partial charge < -0.3 is 15.0 Å². The fraction of sp³-hybridized carbons (Fsp3) is 0.615. The summed E-state index contributed by atoms with van der Waals surface area (Å²) >= 11 is 0. The molecule has 1 aromatic heterocycles. The fourth-order valence-corrected chi connectivity index (χ4v) is 2.46. The van der Waals surface area contributed by atoms with Gasteiger partial charge in [0.05, 0.1) is 7.11 Å². The standard InChI is InChI=1S/C13H20N2O2/c1-9-4-3-5-11(9)14-8-10-6-7-12(15-10)13(16)17-2/h6-7,9,11,14-15H,3-5,8H2,1-2H3. The van der Waals surface area contributed by atoms with E-state index in [4.69, 9.17) is 0 Å². The topological polar surface area (TPSA) is 54.1 Å². The Morgan fingerprint density at radius 3 is 3.00 bits per heavy atom. The third-order valence-corrected chi connectivity index (χ3v) is 3.57. The average molecular weight is 236 g/mol. The van der Waals surface area contributed by atoms with E-state index in [1.165, 1.54) is 26.4 Å². The smallest absolute Gasteiger partial charge is 0.354 e. The zero-order chi connectivity index (χ0) is 12.3. The van der Waals surface area contributed by atoms with Crippen LogP contribution < -0.4 is 5.32 Å². The van der Waals surface area contributed by atoms with Crippen molar-refractivity contribution in [1.82, 2.24) is 10.3 Å². The van der Waals surface area contributed by atoms with Crippen LogP contribution in [-0.4, -0.2) is 24.1 Å². The maximum absolute atomic E-state index is 11.3. The molecule has 1 aromatic rings. The van der Waals surface area contributed by atoms with Crippen molar-refractivity contribution >= 4 is 5.97 Å². The molecular weight excluding hydrogens is 216 g/mol. The Balaban J connectivity index is 1.86. The summed E-state index contributed by atoms with van der Waals surface area (Å²) in [5.74, 6) is 0.440. The first-order valence-corrected chi connectivity index (χ1v) is 6.20. The molecule has 0 aliphatic heterocycles. The molecule has 4 nitrogen and oxygen atoms in total. The molecule has 4 heteroatoms. The molecule has 1 fully saturated rings. The van der Waals surface area contributed by atoms with E-state index in [0.717, 1.165) is 18.2 Å². The Morgan fingerprint density at radius 1 is 1.53 bits per heavy atom. The summed E-state index contributed by atoms with van der Waals surface area (Å²) < 4.78 is 4.65. The molecule has 1 aliphatic rings. The van der Waals surface area contributed by atoms with Gasteiger partial charge in [-0.15, -0.1) is 0 Å². The number of carbonyl (C=O) groups excluding carboxylic acids is 1. The highest BCUT2D eigenvalue weighted by molar-refractivity contribution is 5.87. The number of hydrogen-bond donors (Lipinski definition) is 2. The van der Waals surface area contributed by atoms with Crippen LogP contribution in [0.25, 0.3) is 0 Å². The Morgan fingerprint density at radius 2 is 2.35 bits per heavy atom. The van der Waals surface area contributed by atoms with Crippen LogP contribution in [0.2, 0.25) is 0 Å². The quantitative estimate of drug-likeness (QED) is 0.787. The number of aromatic nitrogens is 1. The summed E-state index contributed by atoms with van der Waals surface area (Å²) in [5, 5.41) is 3.53. The van der Waals surface area contributed by atoms with Crippen LogP contribution in [-0.2, 0) is 11.3 Å². The number of methoxy groups -OCH3 is 1. The van der Waals surface area contributed by atoms with Crippen LogP contribution in [0, 0.1) is 5.92 Å². The minimum atomic E-state index is -0.314. The van der Waals surface area contributed by atoms with Crippen molar-refractivity contribution < 1.29 is 9.53 Å². The van der Waals surface area contributed by atoms with Gasteiger partial charge in [-0.2, -0.15) is 0 Å². The summed E-state index contributed by atoms with van der Waals surface area (Å²) in [5.41, 5.74) is 1.55. The molecule has 0 spiro atoms. The number of nitrogens with one attached hydrogen (secondary N) is 2. The van der Waals surface area contributed by atoms with Gasteiger partial charge >= 0.3 is 5.97 Å². The van der Waals surface area contributed by atoms with Crippen molar-refractivity contribution in [1.29, 1.82) is 0 Å². The Bertz CT molecular complexity index is 387. The minimum Gasteiger partial charge on any atom is -0.464 e. The SMILES string of the molecule is COC(=O)c1ccc(CNC2CCCC2C)[nH]1. The second-order valence-electron chi connectivity index (χ2n) is 4.78. The van der Waals surface area contributed by atoms with Crippen LogP contribution in [0.4, 0.5) is 0 Å². The largest absolute Gasteiger partial charge is 0.464 e. The third-order valence-electron chi connectivity index (χ3n) is 3.57. The lowest BCUT2D eigenvalue weighted by atomic mass is 10.1. The molecule has 94 valence electrons. The van der Waals surface area contributed by atoms with Crippen LogP contribution in [0.15, 0.2) is 12.1 Å². The second-order valence-corrected chi connectivity index (χ2v) is 4.78. The summed E-state index contributed by atoms with van der Waals surface area (Å²) in [7, 11) is 1.39. The van der Waals surface area contributed by atoms with Gasteiger partial charge in [-0.1, -0.05) is 13.3 Å². The molecule has 0 bridgehead atoms. The lowest BCUT2D eigenvalue weighted by Gasteiger charge is -2.16. The molecule has 17 heavy (non-hydrogen) atoms. The molecule has 0 aromatic carbocycles. The fourth-order valence-electron chi connectivity index (χ4n) is 2.46. The van der Waals surface area contributed by atoms with Crippen molar-refractivity contribution in [3.05, 3.63) is 23.5 Å². The van der Waals surface area contributed by atoms with Crippen LogP contribution in [0.1, 0.15) is 42.4 Å². The van der Waals surface area contributed by atoms with E-state index in [1.54, 1.807) is 6.07 Å². The van der Waals surface area contributed by atoms with Crippen molar-refractivity contribution in [3.63, 3.8) is 0 Å². The molecular formula is C13H20N2O2. The molecule has 1 heterocycles. The number of ether oxygens (including phenoxy) is 1. The monoisotopic (exact) mass is 236 g/mol. The Hall–Kier alpha value is -1.29. The number of aromatic amines is 1. The van der Waals surface area contributed by atoms with E-state index in [0.29, 0.717) is 11.7 Å². The van der Waals surface area contributed by atoms with E-state index in [2.05, 4.69) is 22.0 Å². The van der Waals surface area contributed by atoms with E-state index in [9.17, 15) is 4.79 Å². The molecule has 1 saturated carbocycles. The van der Waals surface area contributed by atoms with Crippen molar-refractivity contribution in [2.24, 2.45) is 5.92 Å². The summed E-state index contributed by atoms with van der Waals surface area (Å²) in [6, 6.07) is 4.31. The van der Waals surface area contributed by atoms with Gasteiger partial charge in [0.25, 0.3) is 0 Å². The van der Waals surface area contributed by atoms with Gasteiger partial charge in [0.1, 0.15) is 5.69 Å². The van der Waals surface area contributed by atoms with Crippen LogP contribution in [0.5, 0.6) is 0 Å². The zero-order valence-corrected chi connectivity index (χ0v) is 10.5. The summed E-state index contributed by atoms with van der Waals surface area (Å²) in [6.45, 7) is 3.07. The molecule has 0 saturated heterocycles. The predicted molar refractivity (Wildman–Crippen MR) is 65.8 cm³/mol. The average Bonchev–Trinajstić information content (AvgIpc) is 2.94. The highest BCUT2D eigenvalue weighted by Gasteiger charge is 2.22. The Labute approximate surface area is 102 Å². The molecule has 0 amide bonds. The molecule has 2 N–H and O–H groups in total. The van der Waals surface area contributed by atoms with Crippen LogP contribution in [0.3, 0.4) is 0 Å². The number of rotatable bonds is 4. The van der Waals surface area contributed by atoms with Gasteiger partial charge in [0.2, 0.25) is 0 Å². The molecule has 0 radical (unpaired) electrons. The van der Waals surface area contributed by atoms with Gasteiger partial charge in [-0.25, -0.2) is 4.79 Å².